The summed E-state index contributed by atoms with van der Waals surface area (Å²) in [6.45, 7) is 2.14. The zero-order valence-electron chi connectivity index (χ0n) is 11.7. The summed E-state index contributed by atoms with van der Waals surface area (Å²) >= 11 is 0. The summed E-state index contributed by atoms with van der Waals surface area (Å²) in [5.74, 6) is 5.27. The molecular weight excluding hydrogens is 271 g/mol. The summed E-state index contributed by atoms with van der Waals surface area (Å²) in [4.78, 5) is 2.01. The Hall–Kier alpha value is -1.92. The molecule has 1 N–H and O–H groups in total. The molecule has 0 aromatic heterocycles. The maximum atomic E-state index is 14.1. The number of ether oxygens (including phenoxy) is 1. The van der Waals surface area contributed by atoms with Crippen molar-refractivity contribution < 1.29 is 14.2 Å². The highest BCUT2D eigenvalue weighted by atomic mass is 19.1. The third-order valence-electron chi connectivity index (χ3n) is 3.21. The Morgan fingerprint density at radius 1 is 1.48 bits per heavy atom. The lowest BCUT2D eigenvalue weighted by molar-refractivity contribution is -0.00304. The second kappa shape index (κ2) is 7.75. The van der Waals surface area contributed by atoms with Crippen molar-refractivity contribution >= 4 is 0 Å². The number of halogens is 1. The number of benzene rings is 1. The zero-order valence-corrected chi connectivity index (χ0v) is 11.7. The van der Waals surface area contributed by atoms with Gasteiger partial charge in [0.05, 0.1) is 19.3 Å². The summed E-state index contributed by atoms with van der Waals surface area (Å²) in [6.07, 6.45) is -0.0578. The Balaban J connectivity index is 2.01. The summed E-state index contributed by atoms with van der Waals surface area (Å²) in [5.41, 5.74) is 1.18. The van der Waals surface area contributed by atoms with E-state index in [9.17, 15) is 4.39 Å². The fourth-order valence-electron chi connectivity index (χ4n) is 2.14. The molecule has 2 rings (SSSR count). The van der Waals surface area contributed by atoms with E-state index in [0.29, 0.717) is 43.8 Å². The average Bonchev–Trinajstić information content (AvgIpc) is 2.50. The minimum Gasteiger partial charge on any atom is -0.395 e. The third-order valence-corrected chi connectivity index (χ3v) is 3.21. The van der Waals surface area contributed by atoms with Crippen molar-refractivity contribution in [3.05, 3.63) is 35.1 Å². The van der Waals surface area contributed by atoms with Crippen LogP contribution in [0.2, 0.25) is 0 Å². The summed E-state index contributed by atoms with van der Waals surface area (Å²) < 4.78 is 19.3. The number of hydrogen-bond acceptors (Lipinski definition) is 4. The molecule has 0 aliphatic carbocycles. The normalized spacial score (nSPS) is 18.6. The van der Waals surface area contributed by atoms with Gasteiger partial charge in [0.15, 0.2) is 6.10 Å². The first-order chi connectivity index (χ1) is 10.2. The smallest absolute Gasteiger partial charge is 0.156 e. The summed E-state index contributed by atoms with van der Waals surface area (Å²) in [6, 6.07) is 6.97. The Morgan fingerprint density at radius 3 is 3.05 bits per heavy atom. The van der Waals surface area contributed by atoms with E-state index in [1.54, 1.807) is 12.1 Å². The maximum Gasteiger partial charge on any atom is 0.156 e. The number of aliphatic hydroxyl groups excluding tert-OH is 1. The largest absolute Gasteiger partial charge is 0.395 e. The molecule has 1 fully saturated rings. The molecule has 1 aliphatic heterocycles. The number of rotatable bonds is 3. The lowest BCUT2D eigenvalue weighted by atomic mass is 10.1. The highest BCUT2D eigenvalue weighted by Gasteiger charge is 2.20. The molecule has 21 heavy (non-hydrogen) atoms. The fourth-order valence-corrected chi connectivity index (χ4v) is 2.14. The van der Waals surface area contributed by atoms with Gasteiger partial charge in [-0.1, -0.05) is 17.9 Å². The number of hydrogen-bond donors (Lipinski definition) is 1. The molecule has 1 unspecified atom stereocenters. The molecule has 1 atom stereocenters. The zero-order chi connectivity index (χ0) is 15.1. The minimum absolute atomic E-state index is 0.00462. The van der Waals surface area contributed by atoms with Crippen LogP contribution in [0.25, 0.3) is 0 Å². The quantitative estimate of drug-likeness (QED) is 0.851. The molecule has 0 spiro atoms. The van der Waals surface area contributed by atoms with E-state index in [1.165, 1.54) is 6.07 Å². The van der Waals surface area contributed by atoms with Crippen LogP contribution in [0.5, 0.6) is 0 Å². The van der Waals surface area contributed by atoms with Gasteiger partial charge in [0.2, 0.25) is 0 Å². The van der Waals surface area contributed by atoms with Gasteiger partial charge in [-0.25, -0.2) is 4.39 Å². The number of aliphatic hydroxyl groups is 1. The van der Waals surface area contributed by atoms with Gasteiger partial charge in [-0.15, -0.1) is 0 Å². The Labute approximate surface area is 123 Å². The van der Waals surface area contributed by atoms with Crippen LogP contribution in [-0.2, 0) is 11.3 Å². The Morgan fingerprint density at radius 2 is 2.33 bits per heavy atom. The van der Waals surface area contributed by atoms with Crippen molar-refractivity contribution in [2.45, 2.75) is 19.1 Å². The second-order valence-electron chi connectivity index (χ2n) is 4.81. The monoisotopic (exact) mass is 288 g/mol. The number of morpholine rings is 1. The molecule has 5 heteroatoms. The van der Waals surface area contributed by atoms with Crippen molar-refractivity contribution in [3.63, 3.8) is 0 Å². The minimum atomic E-state index is -0.439. The molecule has 0 amide bonds. The van der Waals surface area contributed by atoms with E-state index >= 15 is 0 Å². The molecule has 1 heterocycles. The molecule has 4 nitrogen and oxygen atoms in total. The van der Waals surface area contributed by atoms with Gasteiger partial charge < -0.3 is 9.84 Å². The molecular formula is C16H17FN2O2. The van der Waals surface area contributed by atoms with Crippen LogP contribution >= 0.6 is 0 Å². The van der Waals surface area contributed by atoms with Crippen LogP contribution in [-0.4, -0.2) is 42.4 Å². The van der Waals surface area contributed by atoms with Gasteiger partial charge in [0.25, 0.3) is 0 Å². The molecule has 1 saturated heterocycles. The van der Waals surface area contributed by atoms with Crippen molar-refractivity contribution in [3.8, 4) is 17.9 Å². The first-order valence-corrected chi connectivity index (χ1v) is 6.84. The van der Waals surface area contributed by atoms with Gasteiger partial charge >= 0.3 is 0 Å². The highest BCUT2D eigenvalue weighted by Crippen LogP contribution is 2.15. The maximum absolute atomic E-state index is 14.1. The standard InChI is InChI=1S/C16H17FN2O2/c17-16-9-13(3-1-2-7-20)4-5-14(16)11-19-6-8-21-15(10-18)12-19/h4-5,9,15,20H,2,6-8,11-12H2. The van der Waals surface area contributed by atoms with E-state index < -0.39 is 6.10 Å². The molecule has 1 aliphatic rings. The van der Waals surface area contributed by atoms with Gasteiger partial charge in [0.1, 0.15) is 5.82 Å². The molecule has 1 aromatic carbocycles. The molecule has 0 radical (unpaired) electrons. The van der Waals surface area contributed by atoms with Gasteiger partial charge in [-0.3, -0.25) is 4.90 Å². The predicted octanol–water partition coefficient (Wildman–Crippen LogP) is 1.28. The second-order valence-corrected chi connectivity index (χ2v) is 4.81. The van der Waals surface area contributed by atoms with Gasteiger partial charge in [-0.05, 0) is 12.1 Å². The summed E-state index contributed by atoms with van der Waals surface area (Å²) in [5, 5.41) is 17.5. The number of nitriles is 1. The third kappa shape index (κ3) is 4.54. The molecule has 0 bridgehead atoms. The van der Waals surface area contributed by atoms with Crippen LogP contribution in [0, 0.1) is 29.0 Å². The van der Waals surface area contributed by atoms with Gasteiger partial charge in [0, 0.05) is 37.2 Å². The molecule has 110 valence electrons. The molecule has 0 saturated carbocycles. The van der Waals surface area contributed by atoms with E-state index in [0.717, 1.165) is 0 Å². The topological polar surface area (TPSA) is 56.5 Å². The SMILES string of the molecule is N#CC1CN(Cc2ccc(C#CCCO)cc2F)CCO1. The fraction of sp³-hybridized carbons (Fsp3) is 0.438. The van der Waals surface area contributed by atoms with E-state index in [1.807, 2.05) is 4.90 Å². The van der Waals surface area contributed by atoms with Crippen LogP contribution in [0.4, 0.5) is 4.39 Å². The van der Waals surface area contributed by atoms with Crippen LogP contribution < -0.4 is 0 Å². The first kappa shape index (κ1) is 15.5. The van der Waals surface area contributed by atoms with E-state index in [2.05, 4.69) is 17.9 Å². The highest BCUT2D eigenvalue weighted by molar-refractivity contribution is 5.37. The lowest BCUT2D eigenvalue weighted by Crippen LogP contribution is -2.41. The number of nitrogens with zero attached hydrogens (tertiary/aromatic N) is 2. The van der Waals surface area contributed by atoms with Crippen molar-refractivity contribution in [2.75, 3.05) is 26.3 Å². The van der Waals surface area contributed by atoms with Crippen molar-refractivity contribution in [2.24, 2.45) is 0 Å². The van der Waals surface area contributed by atoms with Crippen LogP contribution in [0.3, 0.4) is 0 Å². The molecule has 1 aromatic rings. The van der Waals surface area contributed by atoms with E-state index in [4.69, 9.17) is 15.1 Å². The van der Waals surface area contributed by atoms with Gasteiger partial charge in [-0.2, -0.15) is 5.26 Å². The summed E-state index contributed by atoms with van der Waals surface area (Å²) in [7, 11) is 0. The Bertz CT molecular complexity index is 586. The lowest BCUT2D eigenvalue weighted by Gasteiger charge is -2.29. The predicted molar refractivity (Wildman–Crippen MR) is 75.6 cm³/mol. The first-order valence-electron chi connectivity index (χ1n) is 6.84. The van der Waals surface area contributed by atoms with Crippen LogP contribution in [0.1, 0.15) is 17.5 Å². The Kier molecular flexibility index (Phi) is 5.71. The van der Waals surface area contributed by atoms with E-state index in [-0.39, 0.29) is 12.4 Å². The average molecular weight is 288 g/mol. The van der Waals surface area contributed by atoms with Crippen molar-refractivity contribution in [1.29, 1.82) is 5.26 Å². The van der Waals surface area contributed by atoms with Crippen molar-refractivity contribution in [1.82, 2.24) is 4.90 Å². The van der Waals surface area contributed by atoms with Crippen LogP contribution in [0.15, 0.2) is 18.2 Å².